The minimum absolute atomic E-state index is 0.00544. The number of hydrogen-bond acceptors (Lipinski definition) is 2. The summed E-state index contributed by atoms with van der Waals surface area (Å²) in [5.41, 5.74) is -1.34. The Bertz CT molecular complexity index is 564. The van der Waals surface area contributed by atoms with E-state index in [1.807, 2.05) is 0 Å². The Kier molecular flexibility index (Phi) is 3.65. The third-order valence-corrected chi connectivity index (χ3v) is 3.15. The molecule has 0 spiro atoms. The second kappa shape index (κ2) is 5.10. The number of carbonyl (C=O) groups is 2. The summed E-state index contributed by atoms with van der Waals surface area (Å²) in [5, 5.41) is 8.77. The molecule has 0 radical (unpaired) electrons. The summed E-state index contributed by atoms with van der Waals surface area (Å²) in [7, 11) is 0. The van der Waals surface area contributed by atoms with E-state index in [2.05, 4.69) is 0 Å². The minimum Gasteiger partial charge on any atom is -0.481 e. The second-order valence-corrected chi connectivity index (χ2v) is 4.42. The van der Waals surface area contributed by atoms with Crippen molar-refractivity contribution in [2.75, 3.05) is 13.1 Å². The molecule has 108 valence electrons. The lowest BCUT2D eigenvalue weighted by Crippen LogP contribution is -2.31. The molecule has 0 aromatic heterocycles. The average Bonchev–Trinajstić information content (AvgIpc) is 2.86. The maximum absolute atomic E-state index is 13.5. The Morgan fingerprint density at radius 1 is 1.15 bits per heavy atom. The Morgan fingerprint density at radius 2 is 1.70 bits per heavy atom. The molecule has 1 unspecified atom stereocenters. The van der Waals surface area contributed by atoms with Gasteiger partial charge in [0.05, 0.1) is 5.92 Å². The normalized spacial score (nSPS) is 18.4. The van der Waals surface area contributed by atoms with Crippen LogP contribution < -0.4 is 0 Å². The molecule has 1 aliphatic rings. The molecule has 0 bridgehead atoms. The number of aliphatic carboxylic acids is 1. The van der Waals surface area contributed by atoms with Crippen LogP contribution in [0.15, 0.2) is 6.07 Å². The van der Waals surface area contributed by atoms with Gasteiger partial charge in [-0.3, -0.25) is 9.59 Å². The van der Waals surface area contributed by atoms with Crippen molar-refractivity contribution in [2.24, 2.45) is 5.92 Å². The smallest absolute Gasteiger partial charge is 0.308 e. The predicted molar refractivity (Wildman–Crippen MR) is 57.9 cm³/mol. The van der Waals surface area contributed by atoms with Crippen molar-refractivity contribution in [3.05, 3.63) is 34.9 Å². The average molecular weight is 291 g/mol. The number of halogens is 4. The molecule has 1 heterocycles. The highest BCUT2D eigenvalue weighted by atomic mass is 19.2. The maximum Gasteiger partial charge on any atom is 0.308 e. The highest BCUT2D eigenvalue weighted by Crippen LogP contribution is 2.24. The van der Waals surface area contributed by atoms with Gasteiger partial charge >= 0.3 is 5.97 Å². The number of amides is 1. The molecule has 1 aliphatic heterocycles. The molecule has 4 nitrogen and oxygen atoms in total. The third-order valence-electron chi connectivity index (χ3n) is 3.15. The highest BCUT2D eigenvalue weighted by Gasteiger charge is 2.35. The van der Waals surface area contributed by atoms with Crippen LogP contribution in [0.25, 0.3) is 0 Å². The van der Waals surface area contributed by atoms with Crippen LogP contribution in [-0.2, 0) is 4.79 Å². The highest BCUT2D eigenvalue weighted by molar-refractivity contribution is 5.95. The van der Waals surface area contributed by atoms with Gasteiger partial charge in [0.2, 0.25) is 0 Å². The number of rotatable bonds is 2. The van der Waals surface area contributed by atoms with Crippen molar-refractivity contribution >= 4 is 11.9 Å². The van der Waals surface area contributed by atoms with Gasteiger partial charge in [0.1, 0.15) is 5.56 Å². The van der Waals surface area contributed by atoms with E-state index in [1.54, 1.807) is 0 Å². The molecular formula is C12H9F4NO3. The topological polar surface area (TPSA) is 57.6 Å². The van der Waals surface area contributed by atoms with Gasteiger partial charge in [0, 0.05) is 19.2 Å². The summed E-state index contributed by atoms with van der Waals surface area (Å²) in [5.74, 6) is -10.2. The summed E-state index contributed by atoms with van der Waals surface area (Å²) in [6.07, 6.45) is 0.113. The van der Waals surface area contributed by atoms with E-state index in [0.717, 1.165) is 4.90 Å². The van der Waals surface area contributed by atoms with Crippen LogP contribution in [0.2, 0.25) is 0 Å². The van der Waals surface area contributed by atoms with E-state index in [9.17, 15) is 27.2 Å². The van der Waals surface area contributed by atoms with Gasteiger partial charge in [-0.05, 0) is 6.42 Å². The van der Waals surface area contributed by atoms with Crippen LogP contribution in [0.5, 0.6) is 0 Å². The van der Waals surface area contributed by atoms with Crippen molar-refractivity contribution in [3.63, 3.8) is 0 Å². The number of hydrogen-bond donors (Lipinski definition) is 1. The number of benzene rings is 1. The Morgan fingerprint density at radius 3 is 2.15 bits per heavy atom. The van der Waals surface area contributed by atoms with E-state index < -0.39 is 46.6 Å². The van der Waals surface area contributed by atoms with Crippen LogP contribution >= 0.6 is 0 Å². The maximum atomic E-state index is 13.5. The van der Waals surface area contributed by atoms with Crippen LogP contribution in [0.3, 0.4) is 0 Å². The summed E-state index contributed by atoms with van der Waals surface area (Å²) < 4.78 is 53.0. The zero-order valence-electron chi connectivity index (χ0n) is 10.00. The summed E-state index contributed by atoms with van der Waals surface area (Å²) in [6, 6.07) is 0.00544. The van der Waals surface area contributed by atoms with Crippen molar-refractivity contribution in [1.29, 1.82) is 0 Å². The molecule has 20 heavy (non-hydrogen) atoms. The van der Waals surface area contributed by atoms with Gasteiger partial charge < -0.3 is 10.0 Å². The van der Waals surface area contributed by atoms with Crippen LogP contribution in [0.4, 0.5) is 17.6 Å². The molecule has 0 aliphatic carbocycles. The predicted octanol–water partition coefficient (Wildman–Crippen LogP) is 1.79. The molecule has 1 fully saturated rings. The van der Waals surface area contributed by atoms with Crippen molar-refractivity contribution in [3.8, 4) is 0 Å². The number of carboxylic acids is 1. The lowest BCUT2D eigenvalue weighted by Gasteiger charge is -2.17. The van der Waals surface area contributed by atoms with Crippen molar-refractivity contribution in [2.45, 2.75) is 6.42 Å². The number of nitrogens with zero attached hydrogens (tertiary/aromatic N) is 1. The molecule has 8 heteroatoms. The van der Waals surface area contributed by atoms with Crippen molar-refractivity contribution in [1.82, 2.24) is 4.90 Å². The first-order valence-electron chi connectivity index (χ1n) is 5.68. The van der Waals surface area contributed by atoms with E-state index >= 15 is 0 Å². The third kappa shape index (κ3) is 2.33. The zero-order valence-corrected chi connectivity index (χ0v) is 10.00. The quantitative estimate of drug-likeness (QED) is 0.667. The van der Waals surface area contributed by atoms with E-state index in [-0.39, 0.29) is 25.6 Å². The molecule has 1 amide bonds. The minimum atomic E-state index is -1.78. The van der Waals surface area contributed by atoms with Gasteiger partial charge in [-0.1, -0.05) is 0 Å². The van der Waals surface area contributed by atoms with Crippen LogP contribution in [0.1, 0.15) is 16.8 Å². The van der Waals surface area contributed by atoms with Gasteiger partial charge in [0.25, 0.3) is 5.91 Å². The Hall–Kier alpha value is -2.12. The van der Waals surface area contributed by atoms with Crippen LogP contribution in [0, 0.1) is 29.2 Å². The SMILES string of the molecule is O=C(O)C1CCN(C(=O)c2c(F)c(F)cc(F)c2F)C1. The molecule has 1 saturated heterocycles. The van der Waals surface area contributed by atoms with E-state index in [1.165, 1.54) is 0 Å². The van der Waals surface area contributed by atoms with Gasteiger partial charge in [0.15, 0.2) is 23.3 Å². The van der Waals surface area contributed by atoms with E-state index in [0.29, 0.717) is 0 Å². The molecule has 2 rings (SSSR count). The van der Waals surface area contributed by atoms with Crippen LogP contribution in [-0.4, -0.2) is 35.0 Å². The van der Waals surface area contributed by atoms with Gasteiger partial charge in [-0.25, -0.2) is 17.6 Å². The lowest BCUT2D eigenvalue weighted by atomic mass is 10.1. The summed E-state index contributed by atoms with van der Waals surface area (Å²) >= 11 is 0. The molecule has 1 aromatic rings. The lowest BCUT2D eigenvalue weighted by molar-refractivity contribution is -0.141. The monoisotopic (exact) mass is 291 g/mol. The molecule has 1 atom stereocenters. The number of likely N-dealkylation sites (tertiary alicyclic amines) is 1. The number of carbonyl (C=O) groups excluding carboxylic acids is 1. The van der Waals surface area contributed by atoms with E-state index in [4.69, 9.17) is 5.11 Å². The first-order valence-corrected chi connectivity index (χ1v) is 5.68. The number of carboxylic acid groups (broad SMARTS) is 1. The van der Waals surface area contributed by atoms with Crippen molar-refractivity contribution < 1.29 is 32.3 Å². The first kappa shape index (κ1) is 14.3. The fraction of sp³-hybridized carbons (Fsp3) is 0.333. The zero-order chi connectivity index (χ0) is 15.0. The molecular weight excluding hydrogens is 282 g/mol. The fourth-order valence-electron chi connectivity index (χ4n) is 2.07. The molecule has 0 saturated carbocycles. The Labute approximate surface area is 110 Å². The Balaban J connectivity index is 2.33. The van der Waals surface area contributed by atoms with Gasteiger partial charge in [-0.15, -0.1) is 0 Å². The second-order valence-electron chi connectivity index (χ2n) is 4.42. The summed E-state index contributed by atoms with van der Waals surface area (Å²) in [6.45, 7) is -0.308. The summed E-state index contributed by atoms with van der Waals surface area (Å²) in [4.78, 5) is 23.5. The van der Waals surface area contributed by atoms with Gasteiger partial charge in [-0.2, -0.15) is 0 Å². The fourth-order valence-corrected chi connectivity index (χ4v) is 2.07. The molecule has 1 N–H and O–H groups in total. The standard InChI is InChI=1S/C12H9F4NO3/c13-6-3-7(14)10(16)8(9(6)15)11(18)17-2-1-5(4-17)12(19)20/h3,5H,1-2,4H2,(H,19,20). The largest absolute Gasteiger partial charge is 0.481 e. The molecule has 1 aromatic carbocycles. The first-order chi connectivity index (χ1) is 9.32.